The Bertz CT molecular complexity index is 485. The van der Waals surface area contributed by atoms with Crippen molar-refractivity contribution in [3.63, 3.8) is 0 Å². The van der Waals surface area contributed by atoms with Gasteiger partial charge in [0.05, 0.1) is 5.02 Å². The molecule has 0 aliphatic carbocycles. The predicted octanol–water partition coefficient (Wildman–Crippen LogP) is 3.03. The zero-order valence-corrected chi connectivity index (χ0v) is 13.6. The van der Waals surface area contributed by atoms with Crippen LogP contribution in [0.15, 0.2) is 16.6 Å². The molecule has 20 heavy (non-hydrogen) atoms. The van der Waals surface area contributed by atoms with Crippen molar-refractivity contribution in [3.05, 3.63) is 27.2 Å². The molecule has 1 aromatic carbocycles. The molecule has 1 rings (SSSR count). The summed E-state index contributed by atoms with van der Waals surface area (Å²) in [6, 6.07) is 2.97. The zero-order chi connectivity index (χ0) is 15.1. The largest absolute Gasteiger partial charge is 0.482 e. The highest BCUT2D eigenvalue weighted by atomic mass is 79.9. The minimum atomic E-state index is -0.531. The number of rotatable bonds is 5. The lowest BCUT2D eigenvalue weighted by Gasteiger charge is -2.11. The molecule has 2 N–H and O–H groups in total. The third-order valence-corrected chi connectivity index (χ3v) is 3.07. The maximum absolute atomic E-state index is 11.5. The summed E-state index contributed by atoms with van der Waals surface area (Å²) in [4.78, 5) is 22.8. The van der Waals surface area contributed by atoms with Crippen molar-refractivity contribution >= 4 is 39.5 Å². The summed E-state index contributed by atoms with van der Waals surface area (Å²) in [5.41, 5.74) is 0.799. The topological polar surface area (TPSA) is 67.4 Å². The molecule has 110 valence electrons. The van der Waals surface area contributed by atoms with Crippen LogP contribution in [0.25, 0.3) is 0 Å². The number of carbonyl (C=O) groups is 2. The minimum Gasteiger partial charge on any atom is -0.482 e. The molecule has 0 aliphatic heterocycles. The number of ether oxygens (including phenoxy) is 1. The summed E-state index contributed by atoms with van der Waals surface area (Å²) < 4.78 is 6.17. The van der Waals surface area contributed by atoms with Crippen molar-refractivity contribution in [1.29, 1.82) is 0 Å². The van der Waals surface area contributed by atoms with Crippen LogP contribution in [0.2, 0.25) is 5.02 Å². The molecule has 0 atom stereocenters. The lowest BCUT2D eigenvalue weighted by Crippen LogP contribution is -2.41. The van der Waals surface area contributed by atoms with Gasteiger partial charge >= 0.3 is 6.03 Å². The van der Waals surface area contributed by atoms with E-state index >= 15 is 0 Å². The van der Waals surface area contributed by atoms with Crippen LogP contribution >= 0.6 is 27.5 Å². The molecule has 0 fully saturated rings. The molecule has 0 radical (unpaired) electrons. The van der Waals surface area contributed by atoms with E-state index in [0.717, 1.165) is 16.5 Å². The van der Waals surface area contributed by atoms with Gasteiger partial charge in [0.15, 0.2) is 6.61 Å². The van der Waals surface area contributed by atoms with Gasteiger partial charge in [-0.05, 0) is 31.0 Å². The van der Waals surface area contributed by atoms with Crippen molar-refractivity contribution in [2.24, 2.45) is 0 Å². The molecule has 5 nitrogen and oxygen atoms in total. The summed E-state index contributed by atoms with van der Waals surface area (Å²) in [5, 5.41) is 5.10. The van der Waals surface area contributed by atoms with Gasteiger partial charge in [0.2, 0.25) is 0 Å². The van der Waals surface area contributed by atoms with Crippen LogP contribution in [0.3, 0.4) is 0 Å². The number of amides is 3. The van der Waals surface area contributed by atoms with E-state index in [1.807, 2.05) is 19.9 Å². The van der Waals surface area contributed by atoms with Gasteiger partial charge in [-0.1, -0.05) is 34.5 Å². The maximum atomic E-state index is 11.5. The van der Waals surface area contributed by atoms with E-state index in [4.69, 9.17) is 16.3 Å². The number of carbonyl (C=O) groups excluding carboxylic acids is 2. The van der Waals surface area contributed by atoms with Crippen LogP contribution in [0.4, 0.5) is 4.79 Å². The molecule has 0 aromatic heterocycles. The Kier molecular flexibility index (Phi) is 6.81. The van der Waals surface area contributed by atoms with Gasteiger partial charge in [-0.15, -0.1) is 0 Å². The fourth-order valence-electron chi connectivity index (χ4n) is 1.45. The Morgan fingerprint density at radius 2 is 2.10 bits per heavy atom. The Hall–Kier alpha value is -1.27. The SMILES string of the molecule is CCCNC(=O)NC(=O)COc1c(C)cc(Br)cc1Cl. The minimum absolute atomic E-state index is 0.276. The number of aryl methyl sites for hydroxylation is 1. The van der Waals surface area contributed by atoms with Crippen LogP contribution in [0.1, 0.15) is 18.9 Å². The number of hydrogen-bond donors (Lipinski definition) is 2. The second-order valence-electron chi connectivity index (χ2n) is 4.13. The lowest BCUT2D eigenvalue weighted by atomic mass is 10.2. The van der Waals surface area contributed by atoms with Crippen LogP contribution in [0.5, 0.6) is 5.75 Å². The number of nitrogens with one attached hydrogen (secondary N) is 2. The van der Waals surface area contributed by atoms with Gasteiger partial charge in [-0.2, -0.15) is 0 Å². The lowest BCUT2D eigenvalue weighted by molar-refractivity contribution is -0.122. The van der Waals surface area contributed by atoms with Gasteiger partial charge in [0.25, 0.3) is 5.91 Å². The van der Waals surface area contributed by atoms with Gasteiger partial charge in [-0.3, -0.25) is 10.1 Å². The van der Waals surface area contributed by atoms with E-state index in [2.05, 4.69) is 26.6 Å². The van der Waals surface area contributed by atoms with Gasteiger partial charge in [-0.25, -0.2) is 4.79 Å². The number of halogens is 2. The predicted molar refractivity (Wildman–Crippen MR) is 81.2 cm³/mol. The third kappa shape index (κ3) is 5.38. The molecule has 0 bridgehead atoms. The quantitative estimate of drug-likeness (QED) is 0.845. The number of imide groups is 1. The van der Waals surface area contributed by atoms with Gasteiger partial charge < -0.3 is 10.1 Å². The highest BCUT2D eigenvalue weighted by Gasteiger charge is 2.11. The smallest absolute Gasteiger partial charge is 0.321 e. The first-order chi connectivity index (χ1) is 9.43. The summed E-state index contributed by atoms with van der Waals surface area (Å²) in [7, 11) is 0. The second kappa shape index (κ2) is 8.11. The van der Waals surface area contributed by atoms with E-state index in [9.17, 15) is 9.59 Å². The average molecular weight is 364 g/mol. The van der Waals surface area contributed by atoms with Crippen molar-refractivity contribution in [1.82, 2.24) is 10.6 Å². The molecular weight excluding hydrogens is 348 g/mol. The summed E-state index contributed by atoms with van der Waals surface area (Å²) >= 11 is 9.34. The first-order valence-electron chi connectivity index (χ1n) is 6.10. The summed E-state index contributed by atoms with van der Waals surface area (Å²) in [6.45, 7) is 3.97. The maximum Gasteiger partial charge on any atom is 0.321 e. The Morgan fingerprint density at radius 3 is 2.70 bits per heavy atom. The van der Waals surface area contributed by atoms with Gasteiger partial charge in [0, 0.05) is 11.0 Å². The monoisotopic (exact) mass is 362 g/mol. The van der Waals surface area contributed by atoms with Crippen molar-refractivity contribution in [2.45, 2.75) is 20.3 Å². The van der Waals surface area contributed by atoms with Crippen LogP contribution in [0, 0.1) is 6.92 Å². The van der Waals surface area contributed by atoms with E-state index < -0.39 is 11.9 Å². The standard InChI is InChI=1S/C13H16BrClN2O3/c1-3-4-16-13(19)17-11(18)7-20-12-8(2)5-9(14)6-10(12)15/h5-6H,3-4,7H2,1-2H3,(H2,16,17,18,19). The van der Waals surface area contributed by atoms with Crippen LogP contribution < -0.4 is 15.4 Å². The van der Waals surface area contributed by atoms with Gasteiger partial charge in [0.1, 0.15) is 5.75 Å². The summed E-state index contributed by atoms with van der Waals surface area (Å²) in [5.74, 6) is -0.101. The normalized spacial score (nSPS) is 10.0. The number of hydrogen-bond acceptors (Lipinski definition) is 3. The second-order valence-corrected chi connectivity index (χ2v) is 5.45. The molecule has 0 saturated carbocycles. The molecule has 1 aromatic rings. The third-order valence-electron chi connectivity index (χ3n) is 2.33. The van der Waals surface area contributed by atoms with E-state index in [-0.39, 0.29) is 6.61 Å². The first-order valence-corrected chi connectivity index (χ1v) is 7.27. The number of benzene rings is 1. The highest BCUT2D eigenvalue weighted by molar-refractivity contribution is 9.10. The number of urea groups is 1. The zero-order valence-electron chi connectivity index (χ0n) is 11.3. The first kappa shape index (κ1) is 16.8. The molecule has 0 saturated heterocycles. The van der Waals surface area contributed by atoms with Crippen LogP contribution in [-0.2, 0) is 4.79 Å². The Balaban J connectivity index is 2.51. The molecular formula is C13H16BrClN2O3. The molecule has 0 heterocycles. The highest BCUT2D eigenvalue weighted by Crippen LogP contribution is 2.31. The van der Waals surface area contributed by atoms with Crippen molar-refractivity contribution in [3.8, 4) is 5.75 Å². The molecule has 3 amide bonds. The fourth-order valence-corrected chi connectivity index (χ4v) is 2.48. The molecule has 0 spiro atoms. The fraction of sp³-hybridized carbons (Fsp3) is 0.385. The van der Waals surface area contributed by atoms with E-state index in [1.54, 1.807) is 6.07 Å². The molecule has 0 aliphatic rings. The van der Waals surface area contributed by atoms with Crippen molar-refractivity contribution in [2.75, 3.05) is 13.2 Å². The molecule has 0 unspecified atom stereocenters. The Morgan fingerprint density at radius 1 is 1.40 bits per heavy atom. The van der Waals surface area contributed by atoms with E-state index in [1.165, 1.54) is 0 Å². The van der Waals surface area contributed by atoms with Crippen molar-refractivity contribution < 1.29 is 14.3 Å². The summed E-state index contributed by atoms with van der Waals surface area (Å²) in [6.07, 6.45) is 0.797. The van der Waals surface area contributed by atoms with Crippen LogP contribution in [-0.4, -0.2) is 25.1 Å². The molecule has 7 heteroatoms. The Labute approximate surface area is 131 Å². The van der Waals surface area contributed by atoms with E-state index in [0.29, 0.717) is 17.3 Å². The average Bonchev–Trinajstić information content (AvgIpc) is 2.34.